The minimum atomic E-state index is -0.289. The van der Waals surface area contributed by atoms with Crippen LogP contribution in [-0.2, 0) is 4.79 Å². The third-order valence-electron chi connectivity index (χ3n) is 3.22. The summed E-state index contributed by atoms with van der Waals surface area (Å²) in [7, 11) is 0. The summed E-state index contributed by atoms with van der Waals surface area (Å²) in [5.41, 5.74) is 7.85. The van der Waals surface area contributed by atoms with Crippen molar-refractivity contribution in [1.29, 1.82) is 0 Å². The number of para-hydroxylation sites is 2. The first-order valence-electron chi connectivity index (χ1n) is 6.53. The summed E-state index contributed by atoms with van der Waals surface area (Å²) < 4.78 is 0. The van der Waals surface area contributed by atoms with Crippen LogP contribution in [0.2, 0.25) is 5.02 Å². The molecule has 104 valence electrons. The first-order chi connectivity index (χ1) is 9.63. The molecule has 0 radical (unpaired) electrons. The fraction of sp³-hybridized carbons (Fsp3) is 0.188. The number of rotatable bonds is 4. The Balaban J connectivity index is 2.23. The first kappa shape index (κ1) is 14.4. The van der Waals surface area contributed by atoms with E-state index in [1.54, 1.807) is 18.2 Å². The van der Waals surface area contributed by atoms with Crippen molar-refractivity contribution in [3.8, 4) is 0 Å². The average Bonchev–Trinajstić information content (AvgIpc) is 2.44. The molecule has 2 aromatic rings. The number of nitrogens with two attached hydrogens (primary N) is 1. The van der Waals surface area contributed by atoms with Gasteiger partial charge in [0.1, 0.15) is 0 Å². The Labute approximate surface area is 123 Å². The predicted octanol–water partition coefficient (Wildman–Crippen LogP) is 4.05. The molecular formula is C16H17ClN2O. The highest BCUT2D eigenvalue weighted by Gasteiger charge is 2.21. The third-order valence-corrected chi connectivity index (χ3v) is 3.57. The molecule has 1 atom stereocenters. The molecule has 4 heteroatoms. The summed E-state index contributed by atoms with van der Waals surface area (Å²) >= 11 is 6.17. The lowest BCUT2D eigenvalue weighted by Gasteiger charge is -2.17. The van der Waals surface area contributed by atoms with Gasteiger partial charge >= 0.3 is 0 Å². The SMILES string of the molecule is CCC(C(=O)Nc1ccccc1N)c1ccccc1Cl. The van der Waals surface area contributed by atoms with Gasteiger partial charge in [0, 0.05) is 5.02 Å². The van der Waals surface area contributed by atoms with Gasteiger partial charge in [-0.15, -0.1) is 0 Å². The van der Waals surface area contributed by atoms with Crippen LogP contribution < -0.4 is 11.1 Å². The molecule has 2 aromatic carbocycles. The van der Waals surface area contributed by atoms with Crippen LogP contribution >= 0.6 is 11.6 Å². The highest BCUT2D eigenvalue weighted by atomic mass is 35.5. The van der Waals surface area contributed by atoms with E-state index in [0.717, 1.165) is 5.56 Å². The van der Waals surface area contributed by atoms with Crippen LogP contribution in [0, 0.1) is 0 Å². The van der Waals surface area contributed by atoms with E-state index in [0.29, 0.717) is 22.8 Å². The average molecular weight is 289 g/mol. The van der Waals surface area contributed by atoms with Gasteiger partial charge in [0.15, 0.2) is 0 Å². The summed E-state index contributed by atoms with van der Waals surface area (Å²) in [6.45, 7) is 1.96. The molecule has 0 bridgehead atoms. The van der Waals surface area contributed by atoms with Gasteiger partial charge in [0.2, 0.25) is 5.91 Å². The number of hydrogen-bond donors (Lipinski definition) is 2. The van der Waals surface area contributed by atoms with Crippen molar-refractivity contribution < 1.29 is 4.79 Å². The van der Waals surface area contributed by atoms with Gasteiger partial charge in [-0.25, -0.2) is 0 Å². The molecule has 0 aromatic heterocycles. The van der Waals surface area contributed by atoms with Gasteiger partial charge in [0.05, 0.1) is 17.3 Å². The van der Waals surface area contributed by atoms with Gasteiger partial charge in [-0.1, -0.05) is 48.9 Å². The molecule has 3 nitrogen and oxygen atoms in total. The lowest BCUT2D eigenvalue weighted by Crippen LogP contribution is -2.21. The van der Waals surface area contributed by atoms with Crippen LogP contribution in [0.3, 0.4) is 0 Å². The van der Waals surface area contributed by atoms with Crippen molar-refractivity contribution >= 4 is 28.9 Å². The topological polar surface area (TPSA) is 55.1 Å². The number of halogens is 1. The van der Waals surface area contributed by atoms with E-state index in [1.807, 2.05) is 37.3 Å². The van der Waals surface area contributed by atoms with Gasteiger partial charge < -0.3 is 11.1 Å². The normalized spacial score (nSPS) is 11.9. The minimum Gasteiger partial charge on any atom is -0.397 e. The number of nitrogen functional groups attached to an aromatic ring is 1. The summed E-state index contributed by atoms with van der Waals surface area (Å²) in [5.74, 6) is -0.387. The molecule has 0 spiro atoms. The van der Waals surface area contributed by atoms with Crippen molar-refractivity contribution in [2.24, 2.45) is 0 Å². The van der Waals surface area contributed by atoms with E-state index in [4.69, 9.17) is 17.3 Å². The Hall–Kier alpha value is -2.00. The van der Waals surface area contributed by atoms with E-state index in [9.17, 15) is 4.79 Å². The van der Waals surface area contributed by atoms with Crippen LogP contribution in [0.15, 0.2) is 48.5 Å². The molecule has 0 heterocycles. The van der Waals surface area contributed by atoms with Crippen LogP contribution in [0.5, 0.6) is 0 Å². The predicted molar refractivity (Wildman–Crippen MR) is 84.0 cm³/mol. The Morgan fingerprint density at radius 1 is 1.20 bits per heavy atom. The Bertz CT molecular complexity index is 613. The molecule has 0 fully saturated rings. The maximum absolute atomic E-state index is 12.4. The van der Waals surface area contributed by atoms with Gasteiger partial charge in [-0.2, -0.15) is 0 Å². The lowest BCUT2D eigenvalue weighted by molar-refractivity contribution is -0.117. The zero-order valence-electron chi connectivity index (χ0n) is 11.3. The maximum Gasteiger partial charge on any atom is 0.232 e. The summed E-state index contributed by atoms with van der Waals surface area (Å²) in [6.07, 6.45) is 0.669. The molecule has 2 rings (SSSR count). The molecule has 0 aliphatic heterocycles. The Morgan fingerprint density at radius 3 is 2.50 bits per heavy atom. The van der Waals surface area contributed by atoms with E-state index in [1.165, 1.54) is 0 Å². The summed E-state index contributed by atoms with van der Waals surface area (Å²) in [5, 5.41) is 3.47. The van der Waals surface area contributed by atoms with Crippen LogP contribution in [-0.4, -0.2) is 5.91 Å². The van der Waals surface area contributed by atoms with Crippen molar-refractivity contribution in [3.63, 3.8) is 0 Å². The summed E-state index contributed by atoms with van der Waals surface area (Å²) in [4.78, 5) is 12.4. The van der Waals surface area contributed by atoms with Gasteiger partial charge in [0.25, 0.3) is 0 Å². The van der Waals surface area contributed by atoms with E-state index >= 15 is 0 Å². The lowest BCUT2D eigenvalue weighted by atomic mass is 9.95. The summed E-state index contributed by atoms with van der Waals surface area (Å²) in [6, 6.07) is 14.6. The number of nitrogens with one attached hydrogen (secondary N) is 1. The first-order valence-corrected chi connectivity index (χ1v) is 6.91. The minimum absolute atomic E-state index is 0.0986. The molecule has 20 heavy (non-hydrogen) atoms. The molecular weight excluding hydrogens is 272 g/mol. The van der Waals surface area contributed by atoms with Crippen molar-refractivity contribution in [2.45, 2.75) is 19.3 Å². The molecule has 0 aliphatic rings. The second kappa shape index (κ2) is 6.44. The third kappa shape index (κ3) is 3.11. The van der Waals surface area contributed by atoms with Crippen LogP contribution in [0.4, 0.5) is 11.4 Å². The monoisotopic (exact) mass is 288 g/mol. The van der Waals surface area contributed by atoms with Crippen molar-refractivity contribution in [3.05, 3.63) is 59.1 Å². The number of amides is 1. The highest BCUT2D eigenvalue weighted by molar-refractivity contribution is 6.31. The Kier molecular flexibility index (Phi) is 4.64. The molecule has 0 saturated carbocycles. The molecule has 0 aliphatic carbocycles. The second-order valence-electron chi connectivity index (χ2n) is 4.56. The zero-order valence-corrected chi connectivity index (χ0v) is 12.0. The molecule has 3 N–H and O–H groups in total. The fourth-order valence-corrected chi connectivity index (χ4v) is 2.40. The van der Waals surface area contributed by atoms with Crippen molar-refractivity contribution in [2.75, 3.05) is 11.1 Å². The van der Waals surface area contributed by atoms with E-state index in [2.05, 4.69) is 5.32 Å². The number of hydrogen-bond acceptors (Lipinski definition) is 2. The van der Waals surface area contributed by atoms with Crippen LogP contribution in [0.25, 0.3) is 0 Å². The molecule has 1 amide bonds. The Morgan fingerprint density at radius 2 is 1.85 bits per heavy atom. The standard InChI is InChI=1S/C16H17ClN2O/c1-2-11(12-7-3-4-8-13(12)17)16(20)19-15-10-6-5-9-14(15)18/h3-11H,2,18H2,1H3,(H,19,20). The van der Waals surface area contributed by atoms with Gasteiger partial charge in [-0.3, -0.25) is 4.79 Å². The highest BCUT2D eigenvalue weighted by Crippen LogP contribution is 2.28. The van der Waals surface area contributed by atoms with Crippen molar-refractivity contribution in [1.82, 2.24) is 0 Å². The maximum atomic E-state index is 12.4. The second-order valence-corrected chi connectivity index (χ2v) is 4.97. The number of carbonyl (C=O) groups is 1. The van der Waals surface area contributed by atoms with E-state index in [-0.39, 0.29) is 11.8 Å². The fourth-order valence-electron chi connectivity index (χ4n) is 2.13. The molecule has 0 saturated heterocycles. The zero-order chi connectivity index (χ0) is 14.5. The number of anilines is 2. The van der Waals surface area contributed by atoms with Crippen LogP contribution in [0.1, 0.15) is 24.8 Å². The molecule has 1 unspecified atom stereocenters. The number of carbonyl (C=O) groups excluding carboxylic acids is 1. The smallest absolute Gasteiger partial charge is 0.232 e. The quantitative estimate of drug-likeness (QED) is 0.834. The number of benzene rings is 2. The van der Waals surface area contributed by atoms with Gasteiger partial charge in [-0.05, 0) is 30.2 Å². The largest absolute Gasteiger partial charge is 0.397 e. The van der Waals surface area contributed by atoms with E-state index < -0.39 is 0 Å².